The fourth-order valence-electron chi connectivity index (χ4n) is 3.85. The predicted octanol–water partition coefficient (Wildman–Crippen LogP) is 3.64. The molecule has 0 saturated heterocycles. The lowest BCUT2D eigenvalue weighted by Gasteiger charge is -2.13. The number of nitrogens with one attached hydrogen (secondary N) is 1. The van der Waals surface area contributed by atoms with Crippen LogP contribution in [-0.2, 0) is 17.8 Å². The summed E-state index contributed by atoms with van der Waals surface area (Å²) in [5, 5.41) is 19.6. The van der Waals surface area contributed by atoms with E-state index in [-0.39, 0.29) is 5.69 Å². The first kappa shape index (κ1) is 22.5. The van der Waals surface area contributed by atoms with Crippen molar-refractivity contribution in [3.05, 3.63) is 59.4 Å². The van der Waals surface area contributed by atoms with Gasteiger partial charge in [0.25, 0.3) is 0 Å². The number of aryl methyl sites for hydroxylation is 1. The summed E-state index contributed by atoms with van der Waals surface area (Å²) < 4.78 is 13.4. The standard InChI is InChI=1S/C23H21ClN8O3/c1-4-32-21-15(10-28-32)19-14(9-26-21)22(31-11-17(27-12-31)23(33)35-3)30-29-20(19)25-8-13-5-6-18(34-2)16(24)7-13/h5-7,9-12H,4,8H2,1-3H3,(H,25,29). The molecule has 0 bridgehead atoms. The van der Waals surface area contributed by atoms with Crippen molar-refractivity contribution in [2.45, 2.75) is 20.0 Å². The van der Waals surface area contributed by atoms with Gasteiger partial charge in [0.05, 0.1) is 30.8 Å². The molecular weight excluding hydrogens is 472 g/mol. The largest absolute Gasteiger partial charge is 0.495 e. The molecule has 0 saturated carbocycles. The van der Waals surface area contributed by atoms with Gasteiger partial charge in [0, 0.05) is 36.3 Å². The van der Waals surface area contributed by atoms with Gasteiger partial charge >= 0.3 is 5.97 Å². The summed E-state index contributed by atoms with van der Waals surface area (Å²) in [6, 6.07) is 5.58. The van der Waals surface area contributed by atoms with Gasteiger partial charge in [0.15, 0.2) is 23.0 Å². The monoisotopic (exact) mass is 492 g/mol. The molecular formula is C23H21ClN8O3. The number of anilines is 1. The van der Waals surface area contributed by atoms with Crippen molar-refractivity contribution >= 4 is 45.2 Å². The maximum absolute atomic E-state index is 11.9. The molecule has 0 fully saturated rings. The van der Waals surface area contributed by atoms with E-state index in [4.69, 9.17) is 21.1 Å². The van der Waals surface area contributed by atoms with Crippen LogP contribution in [0.25, 0.3) is 27.6 Å². The van der Waals surface area contributed by atoms with Crippen molar-refractivity contribution in [2.75, 3.05) is 19.5 Å². The maximum Gasteiger partial charge on any atom is 0.358 e. The van der Waals surface area contributed by atoms with Crippen LogP contribution >= 0.6 is 11.6 Å². The van der Waals surface area contributed by atoms with Crippen LogP contribution in [0.15, 0.2) is 43.1 Å². The number of imidazole rings is 1. The van der Waals surface area contributed by atoms with Gasteiger partial charge in [-0.3, -0.25) is 4.57 Å². The number of rotatable bonds is 7. The van der Waals surface area contributed by atoms with E-state index in [0.717, 1.165) is 22.0 Å². The fraction of sp³-hybridized carbons (Fsp3) is 0.217. The topological polar surface area (TPSA) is 122 Å². The van der Waals surface area contributed by atoms with Crippen molar-refractivity contribution in [3.8, 4) is 11.6 Å². The van der Waals surface area contributed by atoms with Gasteiger partial charge in [0.2, 0.25) is 0 Å². The molecule has 11 nitrogen and oxygen atoms in total. The first-order chi connectivity index (χ1) is 17.0. The van der Waals surface area contributed by atoms with Crippen LogP contribution in [0.1, 0.15) is 23.0 Å². The zero-order valence-electron chi connectivity index (χ0n) is 19.2. The molecule has 12 heteroatoms. The van der Waals surface area contributed by atoms with E-state index in [2.05, 4.69) is 30.6 Å². The summed E-state index contributed by atoms with van der Waals surface area (Å²) in [6.45, 7) is 3.13. The number of benzene rings is 1. The molecule has 5 aromatic rings. The Labute approximate surface area is 204 Å². The van der Waals surface area contributed by atoms with Gasteiger partial charge in [-0.05, 0) is 24.6 Å². The third-order valence-electron chi connectivity index (χ3n) is 5.59. The molecule has 1 aromatic carbocycles. The number of ether oxygens (including phenoxy) is 2. The summed E-state index contributed by atoms with van der Waals surface area (Å²) in [4.78, 5) is 20.6. The van der Waals surface area contributed by atoms with Crippen molar-refractivity contribution in [3.63, 3.8) is 0 Å². The number of nitrogens with zero attached hydrogens (tertiary/aromatic N) is 7. The second kappa shape index (κ2) is 9.18. The predicted molar refractivity (Wildman–Crippen MR) is 130 cm³/mol. The van der Waals surface area contributed by atoms with Crippen molar-refractivity contribution in [1.82, 2.24) is 34.5 Å². The van der Waals surface area contributed by atoms with Crippen LogP contribution in [0, 0.1) is 0 Å². The number of methoxy groups -OCH3 is 2. The Bertz CT molecular complexity index is 1560. The minimum absolute atomic E-state index is 0.161. The number of esters is 1. The second-order valence-corrected chi connectivity index (χ2v) is 8.00. The molecule has 0 amide bonds. The van der Waals surface area contributed by atoms with E-state index in [0.29, 0.717) is 40.9 Å². The molecule has 0 spiro atoms. The third kappa shape index (κ3) is 3.99. The Morgan fingerprint density at radius 1 is 1.14 bits per heavy atom. The van der Waals surface area contributed by atoms with Gasteiger partial charge in [-0.2, -0.15) is 5.10 Å². The Hall–Kier alpha value is -4.25. The third-order valence-corrected chi connectivity index (χ3v) is 5.88. The molecule has 0 aliphatic carbocycles. The van der Waals surface area contributed by atoms with Crippen LogP contribution in [0.2, 0.25) is 5.02 Å². The molecule has 0 aliphatic heterocycles. The van der Waals surface area contributed by atoms with E-state index in [9.17, 15) is 4.79 Å². The van der Waals surface area contributed by atoms with Crippen molar-refractivity contribution in [2.24, 2.45) is 0 Å². The number of carbonyl (C=O) groups is 1. The lowest BCUT2D eigenvalue weighted by molar-refractivity contribution is 0.0594. The summed E-state index contributed by atoms with van der Waals surface area (Å²) >= 11 is 6.28. The Morgan fingerprint density at radius 2 is 2.00 bits per heavy atom. The van der Waals surface area contributed by atoms with E-state index < -0.39 is 5.97 Å². The molecule has 0 atom stereocenters. The minimum atomic E-state index is -0.540. The SMILES string of the molecule is CCn1ncc2c3c(NCc4ccc(OC)c(Cl)c4)nnc(-n4cnc(C(=O)OC)c4)c3cnc21. The highest BCUT2D eigenvalue weighted by Crippen LogP contribution is 2.32. The van der Waals surface area contributed by atoms with Crippen LogP contribution in [0.3, 0.4) is 0 Å². The van der Waals surface area contributed by atoms with Crippen LogP contribution in [-0.4, -0.2) is 54.7 Å². The lowest BCUT2D eigenvalue weighted by Crippen LogP contribution is -2.07. The molecule has 0 aliphatic rings. The molecule has 35 heavy (non-hydrogen) atoms. The molecule has 4 heterocycles. The molecule has 178 valence electrons. The number of hydrogen-bond donors (Lipinski definition) is 1. The van der Waals surface area contributed by atoms with Gasteiger partial charge in [-0.25, -0.2) is 19.4 Å². The summed E-state index contributed by atoms with van der Waals surface area (Å²) in [6.07, 6.45) is 6.52. The molecule has 0 unspecified atom stereocenters. The molecule has 0 radical (unpaired) electrons. The van der Waals surface area contributed by atoms with Gasteiger partial charge in [0.1, 0.15) is 12.1 Å². The fourth-order valence-corrected chi connectivity index (χ4v) is 4.13. The number of aromatic nitrogens is 7. The first-order valence-corrected chi connectivity index (χ1v) is 11.1. The number of fused-ring (bicyclic) bond motifs is 3. The maximum atomic E-state index is 11.9. The lowest BCUT2D eigenvalue weighted by atomic mass is 10.1. The minimum Gasteiger partial charge on any atom is -0.495 e. The number of carbonyl (C=O) groups excluding carboxylic acids is 1. The number of hydrogen-bond acceptors (Lipinski definition) is 9. The highest BCUT2D eigenvalue weighted by molar-refractivity contribution is 6.32. The number of halogens is 1. The van der Waals surface area contributed by atoms with Crippen LogP contribution < -0.4 is 10.1 Å². The Balaban J connectivity index is 1.62. The second-order valence-electron chi connectivity index (χ2n) is 7.60. The van der Waals surface area contributed by atoms with E-state index >= 15 is 0 Å². The average Bonchev–Trinajstić information content (AvgIpc) is 3.54. The number of pyridine rings is 1. The first-order valence-electron chi connectivity index (χ1n) is 10.7. The normalized spacial score (nSPS) is 11.2. The quantitative estimate of drug-likeness (QED) is 0.339. The summed E-state index contributed by atoms with van der Waals surface area (Å²) in [5.74, 6) is 1.10. The Morgan fingerprint density at radius 3 is 2.74 bits per heavy atom. The van der Waals surface area contributed by atoms with E-state index in [1.165, 1.54) is 13.4 Å². The summed E-state index contributed by atoms with van der Waals surface area (Å²) in [5.41, 5.74) is 1.84. The van der Waals surface area contributed by atoms with Crippen LogP contribution in [0.5, 0.6) is 5.75 Å². The average molecular weight is 493 g/mol. The molecule has 4 aromatic heterocycles. The highest BCUT2D eigenvalue weighted by atomic mass is 35.5. The van der Waals surface area contributed by atoms with E-state index in [1.54, 1.807) is 30.3 Å². The zero-order valence-corrected chi connectivity index (χ0v) is 19.9. The van der Waals surface area contributed by atoms with Crippen molar-refractivity contribution < 1.29 is 14.3 Å². The zero-order chi connectivity index (χ0) is 24.5. The molecule has 1 N–H and O–H groups in total. The molecule has 5 rings (SSSR count). The summed E-state index contributed by atoms with van der Waals surface area (Å²) in [7, 11) is 2.88. The van der Waals surface area contributed by atoms with E-state index in [1.807, 2.05) is 29.8 Å². The van der Waals surface area contributed by atoms with Gasteiger partial charge in [-0.15, -0.1) is 10.2 Å². The van der Waals surface area contributed by atoms with Gasteiger partial charge in [-0.1, -0.05) is 17.7 Å². The Kier molecular flexibility index (Phi) is 5.91. The smallest absolute Gasteiger partial charge is 0.358 e. The van der Waals surface area contributed by atoms with Crippen molar-refractivity contribution in [1.29, 1.82) is 0 Å². The van der Waals surface area contributed by atoms with Gasteiger partial charge < -0.3 is 14.8 Å². The van der Waals surface area contributed by atoms with Crippen LogP contribution in [0.4, 0.5) is 5.82 Å². The highest BCUT2D eigenvalue weighted by Gasteiger charge is 2.19.